The van der Waals surface area contributed by atoms with Gasteiger partial charge in [0, 0.05) is 11.3 Å². The first-order valence-electron chi connectivity index (χ1n) is 8.29. The average molecular weight is 342 g/mol. The second-order valence-electron chi connectivity index (χ2n) is 6.28. The molecule has 1 atom stereocenters. The molecule has 1 aromatic carbocycles. The maximum Gasteiger partial charge on any atom is 0.268 e. The molecule has 1 aliphatic heterocycles. The number of amides is 1. The summed E-state index contributed by atoms with van der Waals surface area (Å²) in [7, 11) is 0. The number of carbonyl (C=O) groups is 2. The summed E-state index contributed by atoms with van der Waals surface area (Å²) in [5, 5.41) is 2.96. The van der Waals surface area contributed by atoms with Crippen molar-refractivity contribution < 1.29 is 19.1 Å². The molecule has 25 heavy (non-hydrogen) atoms. The lowest BCUT2D eigenvalue weighted by Gasteiger charge is -2.21. The standard InChI is InChI=1S/C19H22N2O4/c1-10-17(13(4)22)12(3)20-18(10)19(23)21-11(2)14-5-6-15-16(9-14)25-8-7-24-15/h5-6,9,11,20H,7-8H2,1-4H3,(H,21,23). The lowest BCUT2D eigenvalue weighted by atomic mass is 10.1. The third-order valence-corrected chi connectivity index (χ3v) is 4.43. The van der Waals surface area contributed by atoms with Crippen molar-refractivity contribution in [3.05, 3.63) is 46.3 Å². The van der Waals surface area contributed by atoms with Crippen LogP contribution in [0.15, 0.2) is 18.2 Å². The molecule has 6 nitrogen and oxygen atoms in total. The molecular formula is C19H22N2O4. The molecular weight excluding hydrogens is 320 g/mol. The number of aryl methyl sites for hydroxylation is 1. The van der Waals surface area contributed by atoms with Crippen LogP contribution in [0.4, 0.5) is 0 Å². The molecule has 2 aromatic rings. The van der Waals surface area contributed by atoms with Crippen LogP contribution in [0.5, 0.6) is 11.5 Å². The van der Waals surface area contributed by atoms with Crippen molar-refractivity contribution >= 4 is 11.7 Å². The molecule has 1 aliphatic rings. The van der Waals surface area contributed by atoms with E-state index >= 15 is 0 Å². The van der Waals surface area contributed by atoms with Crippen LogP contribution in [0.1, 0.15) is 57.6 Å². The van der Waals surface area contributed by atoms with Crippen LogP contribution in [0.25, 0.3) is 0 Å². The molecule has 1 amide bonds. The number of aromatic amines is 1. The molecule has 1 aromatic heterocycles. The number of rotatable bonds is 4. The highest BCUT2D eigenvalue weighted by Gasteiger charge is 2.22. The van der Waals surface area contributed by atoms with Crippen molar-refractivity contribution in [2.75, 3.05) is 13.2 Å². The van der Waals surface area contributed by atoms with Crippen LogP contribution >= 0.6 is 0 Å². The number of benzene rings is 1. The maximum atomic E-state index is 12.6. The first-order valence-corrected chi connectivity index (χ1v) is 8.29. The van der Waals surface area contributed by atoms with E-state index in [0.717, 1.165) is 11.3 Å². The molecule has 0 fully saturated rings. The summed E-state index contributed by atoms with van der Waals surface area (Å²) in [4.78, 5) is 27.4. The zero-order valence-electron chi connectivity index (χ0n) is 14.9. The Morgan fingerprint density at radius 1 is 1.16 bits per heavy atom. The first kappa shape index (κ1) is 17.1. The van der Waals surface area contributed by atoms with Crippen LogP contribution < -0.4 is 14.8 Å². The fourth-order valence-corrected chi connectivity index (χ4v) is 3.19. The number of ketones is 1. The van der Waals surface area contributed by atoms with Gasteiger partial charge in [-0.25, -0.2) is 0 Å². The van der Waals surface area contributed by atoms with Gasteiger partial charge in [0.25, 0.3) is 5.91 Å². The minimum Gasteiger partial charge on any atom is -0.486 e. The topological polar surface area (TPSA) is 80.4 Å². The molecule has 0 saturated carbocycles. The van der Waals surface area contributed by atoms with Crippen molar-refractivity contribution in [2.45, 2.75) is 33.7 Å². The Balaban J connectivity index is 1.79. The number of H-pyrrole nitrogens is 1. The summed E-state index contributed by atoms with van der Waals surface area (Å²) in [6, 6.07) is 5.43. The van der Waals surface area contributed by atoms with Crippen LogP contribution in [-0.4, -0.2) is 29.9 Å². The maximum absolute atomic E-state index is 12.6. The third kappa shape index (κ3) is 3.24. The van der Waals surface area contributed by atoms with Crippen LogP contribution in [-0.2, 0) is 0 Å². The minimum absolute atomic E-state index is 0.0508. The molecule has 0 bridgehead atoms. The van der Waals surface area contributed by atoms with Crippen LogP contribution in [0.2, 0.25) is 0 Å². The van der Waals surface area contributed by atoms with Gasteiger partial charge in [-0.3, -0.25) is 9.59 Å². The van der Waals surface area contributed by atoms with Gasteiger partial charge in [-0.1, -0.05) is 6.07 Å². The van der Waals surface area contributed by atoms with E-state index in [2.05, 4.69) is 10.3 Å². The van der Waals surface area contributed by atoms with E-state index in [0.29, 0.717) is 41.5 Å². The highest BCUT2D eigenvalue weighted by atomic mass is 16.6. The van der Waals surface area contributed by atoms with Gasteiger partial charge >= 0.3 is 0 Å². The predicted octanol–water partition coefficient (Wildman–Crippen LogP) is 3.10. The van der Waals surface area contributed by atoms with Gasteiger partial charge in [0.05, 0.1) is 6.04 Å². The Morgan fingerprint density at radius 2 is 1.84 bits per heavy atom. The van der Waals surface area contributed by atoms with E-state index in [1.165, 1.54) is 6.92 Å². The molecule has 132 valence electrons. The molecule has 2 N–H and O–H groups in total. The van der Waals surface area contributed by atoms with Crippen molar-refractivity contribution in [1.29, 1.82) is 0 Å². The fourth-order valence-electron chi connectivity index (χ4n) is 3.19. The van der Waals surface area contributed by atoms with Gasteiger partial charge in [-0.15, -0.1) is 0 Å². The average Bonchev–Trinajstić information content (AvgIpc) is 2.89. The molecule has 0 aliphatic carbocycles. The van der Waals surface area contributed by atoms with E-state index in [9.17, 15) is 9.59 Å². The largest absolute Gasteiger partial charge is 0.486 e. The van der Waals surface area contributed by atoms with Gasteiger partial charge in [-0.05, 0) is 51.0 Å². The predicted molar refractivity (Wildman–Crippen MR) is 93.6 cm³/mol. The van der Waals surface area contributed by atoms with Gasteiger partial charge in [0.15, 0.2) is 17.3 Å². The van der Waals surface area contributed by atoms with Crippen molar-refractivity contribution in [2.24, 2.45) is 0 Å². The number of fused-ring (bicyclic) bond motifs is 1. The molecule has 0 saturated heterocycles. The number of nitrogens with one attached hydrogen (secondary N) is 2. The molecule has 0 spiro atoms. The summed E-state index contributed by atoms with van der Waals surface area (Å²) < 4.78 is 11.1. The van der Waals surface area contributed by atoms with Gasteiger partial charge in [0.2, 0.25) is 0 Å². The zero-order chi connectivity index (χ0) is 18.1. The quantitative estimate of drug-likeness (QED) is 0.837. The minimum atomic E-state index is -0.240. The fraction of sp³-hybridized carbons (Fsp3) is 0.368. The third-order valence-electron chi connectivity index (χ3n) is 4.43. The van der Waals surface area contributed by atoms with E-state index in [1.54, 1.807) is 13.8 Å². The molecule has 3 rings (SSSR count). The molecule has 0 radical (unpaired) electrons. The van der Waals surface area contributed by atoms with E-state index < -0.39 is 0 Å². The van der Waals surface area contributed by atoms with Gasteiger partial charge in [0.1, 0.15) is 18.9 Å². The number of hydrogen-bond acceptors (Lipinski definition) is 4. The Bertz CT molecular complexity index is 838. The number of ether oxygens (including phenoxy) is 2. The molecule has 6 heteroatoms. The summed E-state index contributed by atoms with van der Waals surface area (Å²) in [5.74, 6) is 1.12. The summed E-state index contributed by atoms with van der Waals surface area (Å²) in [6.45, 7) is 8.05. The van der Waals surface area contributed by atoms with Gasteiger partial charge in [-0.2, -0.15) is 0 Å². The highest BCUT2D eigenvalue weighted by molar-refractivity contribution is 6.02. The molecule has 2 heterocycles. The number of carbonyl (C=O) groups excluding carboxylic acids is 2. The Morgan fingerprint density at radius 3 is 2.48 bits per heavy atom. The second-order valence-corrected chi connectivity index (χ2v) is 6.28. The number of hydrogen-bond donors (Lipinski definition) is 2. The zero-order valence-corrected chi connectivity index (χ0v) is 14.9. The monoisotopic (exact) mass is 342 g/mol. The van der Waals surface area contributed by atoms with E-state index in [4.69, 9.17) is 9.47 Å². The van der Waals surface area contributed by atoms with Crippen LogP contribution in [0, 0.1) is 13.8 Å². The smallest absolute Gasteiger partial charge is 0.268 e. The Kier molecular flexibility index (Phi) is 4.53. The Hall–Kier alpha value is -2.76. The lowest BCUT2D eigenvalue weighted by Crippen LogP contribution is -2.27. The van der Waals surface area contributed by atoms with Crippen molar-refractivity contribution in [3.63, 3.8) is 0 Å². The first-order chi connectivity index (χ1) is 11.9. The summed E-state index contributed by atoms with van der Waals surface area (Å²) >= 11 is 0. The Labute approximate surface area is 146 Å². The van der Waals surface area contributed by atoms with Gasteiger partial charge < -0.3 is 19.8 Å². The summed E-state index contributed by atoms with van der Waals surface area (Å²) in [6.07, 6.45) is 0. The highest BCUT2D eigenvalue weighted by Crippen LogP contribution is 2.32. The lowest BCUT2D eigenvalue weighted by molar-refractivity contribution is 0.0934. The SMILES string of the molecule is CC(=O)c1c(C)[nH]c(C(=O)NC(C)c2ccc3c(c2)OCCO3)c1C. The van der Waals surface area contributed by atoms with Crippen LogP contribution in [0.3, 0.4) is 0 Å². The second kappa shape index (κ2) is 6.63. The summed E-state index contributed by atoms with van der Waals surface area (Å²) in [5.41, 5.74) is 3.31. The number of Topliss-reactive ketones (excluding diaryl/α,β-unsaturated/α-hetero) is 1. The van der Waals surface area contributed by atoms with Crippen molar-refractivity contribution in [3.8, 4) is 11.5 Å². The normalized spacial score (nSPS) is 14.1. The van der Waals surface area contributed by atoms with E-state index in [-0.39, 0.29) is 17.7 Å². The number of aromatic nitrogens is 1. The molecule has 1 unspecified atom stereocenters. The van der Waals surface area contributed by atoms with Crippen molar-refractivity contribution in [1.82, 2.24) is 10.3 Å². The van der Waals surface area contributed by atoms with E-state index in [1.807, 2.05) is 25.1 Å².